The number of hydrogen-bond donors (Lipinski definition) is 1. The van der Waals surface area contributed by atoms with E-state index in [4.69, 9.17) is 14.1 Å². The second-order valence-electron chi connectivity index (χ2n) is 5.77. The first-order valence-corrected chi connectivity index (χ1v) is 8.47. The van der Waals surface area contributed by atoms with Crippen LogP contribution in [0.3, 0.4) is 0 Å². The largest absolute Gasteiger partial charge is 0.490 e. The van der Waals surface area contributed by atoms with Crippen LogP contribution in [0.2, 0.25) is 0 Å². The quantitative estimate of drug-likeness (QED) is 0.595. The molecule has 0 spiro atoms. The third-order valence-corrected chi connectivity index (χ3v) is 3.74. The third-order valence-electron chi connectivity index (χ3n) is 3.74. The van der Waals surface area contributed by atoms with Gasteiger partial charge < -0.3 is 14.8 Å². The Morgan fingerprint density at radius 3 is 2.71 bits per heavy atom. The molecular weight excluding hydrogens is 365 g/mol. The molecule has 0 saturated heterocycles. The number of carbonyl (C=O) groups excluding carboxylic acids is 1. The highest BCUT2D eigenvalue weighted by atomic mass is 19.1. The molecule has 0 bridgehead atoms. The highest BCUT2D eigenvalue weighted by Crippen LogP contribution is 2.26. The van der Waals surface area contributed by atoms with Gasteiger partial charge in [0.1, 0.15) is 12.4 Å². The highest BCUT2D eigenvalue weighted by Gasteiger charge is 2.21. The van der Waals surface area contributed by atoms with Crippen LogP contribution in [-0.4, -0.2) is 28.9 Å². The topological polar surface area (TPSA) is 86.5 Å². The highest BCUT2D eigenvalue weighted by molar-refractivity contribution is 5.95. The van der Waals surface area contributed by atoms with Crippen LogP contribution in [-0.2, 0) is 4.79 Å². The first kappa shape index (κ1) is 19.1. The second kappa shape index (κ2) is 8.81. The van der Waals surface area contributed by atoms with Crippen LogP contribution in [0.4, 0.5) is 10.2 Å². The zero-order valence-corrected chi connectivity index (χ0v) is 15.1. The molecule has 28 heavy (non-hydrogen) atoms. The van der Waals surface area contributed by atoms with E-state index in [-0.39, 0.29) is 11.6 Å². The van der Waals surface area contributed by atoms with E-state index in [0.717, 1.165) is 0 Å². The lowest BCUT2D eigenvalue weighted by Crippen LogP contribution is -2.30. The number of rotatable bonds is 8. The molecule has 3 aromatic rings. The van der Waals surface area contributed by atoms with Crippen LogP contribution in [0.1, 0.15) is 6.92 Å². The fourth-order valence-corrected chi connectivity index (χ4v) is 2.33. The van der Waals surface area contributed by atoms with Gasteiger partial charge in [-0.15, -0.1) is 0 Å². The van der Waals surface area contributed by atoms with Crippen molar-refractivity contribution < 1.29 is 23.3 Å². The number of benzene rings is 2. The lowest BCUT2D eigenvalue weighted by atomic mass is 10.1. The summed E-state index contributed by atoms with van der Waals surface area (Å²) in [5.74, 6) is -0.291. The van der Waals surface area contributed by atoms with E-state index in [1.54, 1.807) is 36.4 Å². The number of amides is 1. The van der Waals surface area contributed by atoms with Crippen LogP contribution in [0.5, 0.6) is 11.5 Å². The van der Waals surface area contributed by atoms with Gasteiger partial charge in [0.05, 0.1) is 0 Å². The van der Waals surface area contributed by atoms with Gasteiger partial charge in [0.2, 0.25) is 5.82 Å². The molecule has 1 amide bonds. The SMILES string of the molecule is C=CCOc1ccc(-c2nonc2NC(=O)C(C)Oc2ccccc2F)cc1. The molecule has 2 aromatic carbocycles. The monoisotopic (exact) mass is 383 g/mol. The summed E-state index contributed by atoms with van der Waals surface area (Å²) in [6, 6.07) is 12.9. The Morgan fingerprint density at radius 2 is 2.00 bits per heavy atom. The van der Waals surface area contributed by atoms with E-state index >= 15 is 0 Å². The van der Waals surface area contributed by atoms with Crippen molar-refractivity contribution in [3.8, 4) is 22.8 Å². The van der Waals surface area contributed by atoms with E-state index in [2.05, 4.69) is 22.2 Å². The van der Waals surface area contributed by atoms with E-state index in [1.807, 2.05) is 0 Å². The zero-order chi connectivity index (χ0) is 19.9. The number of nitrogens with zero attached hydrogens (tertiary/aromatic N) is 2. The maximum absolute atomic E-state index is 13.7. The van der Waals surface area contributed by atoms with E-state index in [1.165, 1.54) is 25.1 Å². The summed E-state index contributed by atoms with van der Waals surface area (Å²) < 4.78 is 29.2. The molecule has 0 aliphatic heterocycles. The van der Waals surface area contributed by atoms with Gasteiger partial charge in [-0.1, -0.05) is 24.8 Å². The van der Waals surface area contributed by atoms with Gasteiger partial charge in [0.15, 0.2) is 23.4 Å². The minimum absolute atomic E-state index is 0.0150. The number of nitrogens with one attached hydrogen (secondary N) is 1. The van der Waals surface area contributed by atoms with Crippen LogP contribution in [0.15, 0.2) is 65.8 Å². The van der Waals surface area contributed by atoms with E-state index in [9.17, 15) is 9.18 Å². The number of aromatic nitrogens is 2. The Bertz CT molecular complexity index is 956. The lowest BCUT2D eigenvalue weighted by Gasteiger charge is -2.14. The molecule has 8 heteroatoms. The van der Waals surface area contributed by atoms with Gasteiger partial charge in [-0.05, 0) is 53.6 Å². The number of ether oxygens (including phenoxy) is 2. The average molecular weight is 383 g/mol. The molecule has 3 rings (SSSR count). The molecule has 0 aliphatic rings. The summed E-state index contributed by atoms with van der Waals surface area (Å²) >= 11 is 0. The third kappa shape index (κ3) is 4.53. The first-order chi connectivity index (χ1) is 13.6. The number of carbonyl (C=O) groups is 1. The van der Waals surface area contributed by atoms with Crippen LogP contribution < -0.4 is 14.8 Å². The van der Waals surface area contributed by atoms with Gasteiger partial charge in [-0.25, -0.2) is 9.02 Å². The molecule has 0 radical (unpaired) electrons. The predicted molar refractivity (Wildman–Crippen MR) is 101 cm³/mol. The predicted octanol–water partition coefficient (Wildman–Crippen LogP) is 3.85. The van der Waals surface area contributed by atoms with E-state index < -0.39 is 17.8 Å². The molecule has 144 valence electrons. The molecule has 1 aromatic heterocycles. The smallest absolute Gasteiger partial charge is 0.266 e. The van der Waals surface area contributed by atoms with Crippen molar-refractivity contribution in [2.75, 3.05) is 11.9 Å². The molecule has 1 N–H and O–H groups in total. The number of para-hydroxylation sites is 1. The van der Waals surface area contributed by atoms with Gasteiger partial charge in [0, 0.05) is 5.56 Å². The Morgan fingerprint density at radius 1 is 1.25 bits per heavy atom. The number of anilines is 1. The second-order valence-corrected chi connectivity index (χ2v) is 5.77. The van der Waals surface area contributed by atoms with Crippen molar-refractivity contribution in [3.05, 3.63) is 67.0 Å². The molecule has 0 aliphatic carbocycles. The standard InChI is InChI=1S/C20H18FN3O4/c1-3-12-26-15-10-8-14(9-11-15)18-19(24-28-23-18)22-20(25)13(2)27-17-7-5-4-6-16(17)21/h3-11,13H,1,12H2,2H3,(H,22,24,25). The van der Waals surface area contributed by atoms with Crippen molar-refractivity contribution in [2.24, 2.45) is 0 Å². The van der Waals surface area contributed by atoms with E-state index in [0.29, 0.717) is 23.6 Å². The maximum Gasteiger partial charge on any atom is 0.266 e. The van der Waals surface area contributed by atoms with Crippen molar-refractivity contribution in [3.63, 3.8) is 0 Å². The fraction of sp³-hybridized carbons (Fsp3) is 0.150. The van der Waals surface area contributed by atoms with Crippen LogP contribution >= 0.6 is 0 Å². The molecule has 1 atom stereocenters. The summed E-state index contributed by atoms with van der Waals surface area (Å²) in [5.41, 5.74) is 1.02. The average Bonchev–Trinajstić information content (AvgIpc) is 3.16. The Hall–Kier alpha value is -3.68. The molecule has 0 fully saturated rings. The molecular formula is C20H18FN3O4. The summed E-state index contributed by atoms with van der Waals surface area (Å²) in [6.45, 7) is 5.49. The maximum atomic E-state index is 13.7. The molecule has 0 saturated carbocycles. The summed E-state index contributed by atoms with van der Waals surface area (Å²) in [7, 11) is 0. The molecule has 7 nitrogen and oxygen atoms in total. The van der Waals surface area contributed by atoms with Crippen molar-refractivity contribution >= 4 is 11.7 Å². The van der Waals surface area contributed by atoms with Crippen LogP contribution in [0.25, 0.3) is 11.3 Å². The van der Waals surface area contributed by atoms with Crippen molar-refractivity contribution in [1.29, 1.82) is 0 Å². The van der Waals surface area contributed by atoms with Gasteiger partial charge in [-0.2, -0.15) is 0 Å². The Kier molecular flexibility index (Phi) is 6.01. The number of halogens is 1. The van der Waals surface area contributed by atoms with Gasteiger partial charge in [0.25, 0.3) is 5.91 Å². The summed E-state index contributed by atoms with van der Waals surface area (Å²) in [4.78, 5) is 12.4. The van der Waals surface area contributed by atoms with Crippen molar-refractivity contribution in [2.45, 2.75) is 13.0 Å². The lowest BCUT2D eigenvalue weighted by molar-refractivity contribution is -0.122. The minimum atomic E-state index is -0.962. The Balaban J connectivity index is 1.68. The van der Waals surface area contributed by atoms with Gasteiger partial charge >= 0.3 is 0 Å². The minimum Gasteiger partial charge on any atom is -0.490 e. The zero-order valence-electron chi connectivity index (χ0n) is 15.1. The van der Waals surface area contributed by atoms with Crippen LogP contribution in [0, 0.1) is 5.82 Å². The number of hydrogen-bond acceptors (Lipinski definition) is 6. The first-order valence-electron chi connectivity index (χ1n) is 8.47. The normalized spacial score (nSPS) is 11.5. The fourth-order valence-electron chi connectivity index (χ4n) is 2.33. The molecule has 1 unspecified atom stereocenters. The Labute approximate surface area is 160 Å². The molecule has 1 heterocycles. The van der Waals surface area contributed by atoms with Crippen molar-refractivity contribution in [1.82, 2.24) is 10.3 Å². The van der Waals surface area contributed by atoms with Gasteiger partial charge in [-0.3, -0.25) is 4.79 Å². The summed E-state index contributed by atoms with van der Waals surface area (Å²) in [6.07, 6.45) is 0.685. The summed E-state index contributed by atoms with van der Waals surface area (Å²) in [5, 5.41) is 10.1.